The number of imidazole rings is 1. The van der Waals surface area contributed by atoms with Crippen molar-refractivity contribution in [3.63, 3.8) is 0 Å². The lowest BCUT2D eigenvalue weighted by Gasteiger charge is -2.35. The number of fused-ring (bicyclic) bond motifs is 1. The van der Waals surface area contributed by atoms with Gasteiger partial charge in [0.25, 0.3) is 0 Å². The van der Waals surface area contributed by atoms with Crippen LogP contribution in [0.1, 0.15) is 5.69 Å². The molecule has 0 amide bonds. The summed E-state index contributed by atoms with van der Waals surface area (Å²) < 4.78 is 46.3. The molecule has 0 radical (unpaired) electrons. The van der Waals surface area contributed by atoms with E-state index in [0.29, 0.717) is 16.5 Å². The molecule has 1 aliphatic heterocycles. The summed E-state index contributed by atoms with van der Waals surface area (Å²) in [6, 6.07) is -0.174. The maximum Gasteiger partial charge on any atom is 0.412 e. The van der Waals surface area contributed by atoms with E-state index in [2.05, 4.69) is 25.3 Å². The average molecular weight is 426 g/mol. The van der Waals surface area contributed by atoms with Crippen LogP contribution in [0.25, 0.3) is 5.82 Å². The van der Waals surface area contributed by atoms with E-state index in [9.17, 15) is 13.2 Å². The van der Waals surface area contributed by atoms with Crippen molar-refractivity contribution in [3.8, 4) is 11.6 Å². The molecule has 3 aromatic rings. The maximum absolute atomic E-state index is 13.1. The molecule has 152 valence electrons. The van der Waals surface area contributed by atoms with Crippen molar-refractivity contribution in [2.24, 2.45) is 0 Å². The Hall–Kier alpha value is -3.08. The molecule has 8 nitrogen and oxygen atoms in total. The third-order valence-electron chi connectivity index (χ3n) is 4.35. The van der Waals surface area contributed by atoms with E-state index in [0.717, 1.165) is 10.6 Å². The Morgan fingerprint density at radius 1 is 1.21 bits per heavy atom. The van der Waals surface area contributed by atoms with Gasteiger partial charge in [0, 0.05) is 13.2 Å². The number of alkyl halides is 3. The Morgan fingerprint density at radius 3 is 2.66 bits per heavy atom. The lowest BCUT2D eigenvalue weighted by Crippen LogP contribution is -2.50. The first-order valence-electron chi connectivity index (χ1n) is 8.45. The van der Waals surface area contributed by atoms with Crippen LogP contribution in [0.3, 0.4) is 0 Å². The molecule has 0 saturated carbocycles. The second-order valence-electron chi connectivity index (χ2n) is 6.44. The van der Waals surface area contributed by atoms with Crippen molar-refractivity contribution in [1.82, 2.24) is 24.5 Å². The van der Waals surface area contributed by atoms with Gasteiger partial charge in [-0.15, -0.1) is 0 Å². The highest BCUT2D eigenvalue weighted by molar-refractivity contribution is 6.32. The monoisotopic (exact) mass is 425 g/mol. The second-order valence-corrected chi connectivity index (χ2v) is 6.84. The zero-order valence-corrected chi connectivity index (χ0v) is 16.0. The van der Waals surface area contributed by atoms with Crippen molar-refractivity contribution < 1.29 is 17.9 Å². The maximum atomic E-state index is 13.1. The topological polar surface area (TPSA) is 81.0 Å². The fraction of sp³-hybridized carbons (Fsp3) is 0.294. The van der Waals surface area contributed by atoms with Crippen molar-refractivity contribution in [3.05, 3.63) is 41.7 Å². The molecule has 1 atom stereocenters. The quantitative estimate of drug-likeness (QED) is 0.687. The van der Waals surface area contributed by atoms with E-state index in [-0.39, 0.29) is 17.5 Å². The zero-order chi connectivity index (χ0) is 20.8. The fourth-order valence-corrected chi connectivity index (χ4v) is 3.14. The molecular formula is C17H15ClF3N7O. The van der Waals surface area contributed by atoms with Crippen molar-refractivity contribution in [2.45, 2.75) is 19.1 Å². The van der Waals surface area contributed by atoms with Crippen LogP contribution in [0.4, 0.5) is 30.6 Å². The molecule has 3 aromatic heterocycles. The van der Waals surface area contributed by atoms with Gasteiger partial charge in [-0.1, -0.05) is 11.6 Å². The van der Waals surface area contributed by atoms with Crippen LogP contribution >= 0.6 is 11.6 Å². The Labute approximate surface area is 168 Å². The lowest BCUT2D eigenvalue weighted by molar-refractivity contribution is -0.155. The van der Waals surface area contributed by atoms with Gasteiger partial charge in [0.2, 0.25) is 5.95 Å². The summed E-state index contributed by atoms with van der Waals surface area (Å²) in [5.74, 6) is 0.803. The number of anilines is 3. The summed E-state index contributed by atoms with van der Waals surface area (Å²) in [6.45, 7) is 1.33. The first-order valence-corrected chi connectivity index (χ1v) is 8.83. The van der Waals surface area contributed by atoms with Gasteiger partial charge in [-0.3, -0.25) is 4.57 Å². The van der Waals surface area contributed by atoms with E-state index in [1.54, 1.807) is 23.2 Å². The third kappa shape index (κ3) is 3.77. The number of pyridine rings is 1. The number of hydrogen-bond acceptors (Lipinski definition) is 7. The van der Waals surface area contributed by atoms with Crippen LogP contribution in [0.15, 0.2) is 31.0 Å². The second kappa shape index (κ2) is 7.07. The first kappa shape index (κ1) is 19.2. The summed E-state index contributed by atoms with van der Waals surface area (Å²) in [5.41, 5.74) is 1.29. The minimum Gasteiger partial charge on any atom is -0.486 e. The minimum atomic E-state index is -4.44. The van der Waals surface area contributed by atoms with Gasteiger partial charge in [0.1, 0.15) is 12.9 Å². The van der Waals surface area contributed by atoms with Crippen LogP contribution < -0.4 is 15.0 Å². The van der Waals surface area contributed by atoms with Crippen LogP contribution in [-0.2, 0) is 0 Å². The van der Waals surface area contributed by atoms with Gasteiger partial charge >= 0.3 is 6.18 Å². The van der Waals surface area contributed by atoms with Gasteiger partial charge in [-0.25, -0.2) is 15.0 Å². The van der Waals surface area contributed by atoms with Crippen molar-refractivity contribution in [1.29, 1.82) is 0 Å². The molecule has 1 N–H and O–H groups in total. The number of aromatic nitrogens is 5. The first-order chi connectivity index (χ1) is 13.7. The molecule has 4 rings (SSSR count). The van der Waals surface area contributed by atoms with Gasteiger partial charge in [0.15, 0.2) is 23.4 Å². The standard InChI is InChI=1S/C17H15ClF3N7O/c1-9-6-28(8-24-9)14-11(18)3-10(4-22-14)25-16-23-5-12-15(26-16)27(2)13(7-29-12)17(19,20)21/h3-6,8,13H,7H2,1-2H3,(H,23,25,26). The summed E-state index contributed by atoms with van der Waals surface area (Å²) in [5, 5.41) is 3.25. The molecule has 4 heterocycles. The molecule has 29 heavy (non-hydrogen) atoms. The summed E-state index contributed by atoms with van der Waals surface area (Å²) >= 11 is 6.30. The average Bonchev–Trinajstić information content (AvgIpc) is 3.07. The van der Waals surface area contributed by atoms with E-state index >= 15 is 0 Å². The lowest BCUT2D eigenvalue weighted by atomic mass is 10.2. The normalized spacial score (nSPS) is 16.3. The Kier molecular flexibility index (Phi) is 4.69. The van der Waals surface area contributed by atoms with Crippen LogP contribution in [-0.4, -0.2) is 50.4 Å². The number of nitrogens with zero attached hydrogens (tertiary/aromatic N) is 6. The molecule has 0 saturated heterocycles. The number of nitrogens with one attached hydrogen (secondary N) is 1. The number of halogens is 4. The van der Waals surface area contributed by atoms with E-state index in [1.165, 1.54) is 19.4 Å². The van der Waals surface area contributed by atoms with Gasteiger partial charge in [-0.2, -0.15) is 18.2 Å². The van der Waals surface area contributed by atoms with Crippen LogP contribution in [0, 0.1) is 6.92 Å². The molecule has 0 fully saturated rings. The zero-order valence-electron chi connectivity index (χ0n) is 15.3. The van der Waals surface area contributed by atoms with Gasteiger partial charge in [-0.05, 0) is 13.0 Å². The predicted octanol–water partition coefficient (Wildman–Crippen LogP) is 3.52. The largest absolute Gasteiger partial charge is 0.486 e. The van der Waals surface area contributed by atoms with Crippen molar-refractivity contribution in [2.75, 3.05) is 23.9 Å². The fourth-order valence-electron chi connectivity index (χ4n) is 2.87. The number of aryl methyl sites for hydroxylation is 1. The SMILES string of the molecule is Cc1cn(-c2ncc(Nc3ncc4c(n3)N(C)C(C(F)(F)F)CO4)cc2Cl)cn1. The number of rotatable bonds is 3. The number of ether oxygens (including phenoxy) is 1. The highest BCUT2D eigenvalue weighted by Gasteiger charge is 2.46. The number of hydrogen-bond donors (Lipinski definition) is 1. The predicted molar refractivity (Wildman–Crippen MR) is 100 cm³/mol. The molecular weight excluding hydrogens is 411 g/mol. The Morgan fingerprint density at radius 2 is 2.00 bits per heavy atom. The van der Waals surface area contributed by atoms with Gasteiger partial charge in [0.05, 0.1) is 28.8 Å². The minimum absolute atomic E-state index is 0.0423. The van der Waals surface area contributed by atoms with Gasteiger partial charge < -0.3 is 15.0 Å². The van der Waals surface area contributed by atoms with E-state index < -0.39 is 18.8 Å². The molecule has 0 aromatic carbocycles. The summed E-state index contributed by atoms with van der Waals surface area (Å²) in [6.07, 6.45) is 1.77. The molecule has 1 aliphatic rings. The van der Waals surface area contributed by atoms with Crippen LogP contribution in [0.5, 0.6) is 5.75 Å². The third-order valence-corrected chi connectivity index (χ3v) is 4.62. The molecule has 0 aliphatic carbocycles. The smallest absolute Gasteiger partial charge is 0.412 e. The highest BCUT2D eigenvalue weighted by Crippen LogP contribution is 2.37. The van der Waals surface area contributed by atoms with Crippen LogP contribution in [0.2, 0.25) is 5.02 Å². The Bertz CT molecular complexity index is 1060. The summed E-state index contributed by atoms with van der Waals surface area (Å²) in [4.78, 5) is 17.7. The van der Waals surface area contributed by atoms with E-state index in [4.69, 9.17) is 16.3 Å². The van der Waals surface area contributed by atoms with Crippen molar-refractivity contribution >= 4 is 29.1 Å². The molecule has 12 heteroatoms. The Balaban J connectivity index is 1.58. The highest BCUT2D eigenvalue weighted by atomic mass is 35.5. The number of likely N-dealkylation sites (N-methyl/N-ethyl adjacent to an activating group) is 1. The van der Waals surface area contributed by atoms with E-state index in [1.807, 2.05) is 6.92 Å². The molecule has 0 spiro atoms. The molecule has 0 bridgehead atoms. The molecule has 1 unspecified atom stereocenters. The summed E-state index contributed by atoms with van der Waals surface area (Å²) in [7, 11) is 1.32.